The number of carbonyl (C=O) groups is 1. The predicted molar refractivity (Wildman–Crippen MR) is 87.2 cm³/mol. The highest BCUT2D eigenvalue weighted by atomic mass is 79.9. The van der Waals surface area contributed by atoms with Crippen molar-refractivity contribution in [2.45, 2.75) is 26.2 Å². The maximum Gasteiger partial charge on any atom is 0.255 e. The van der Waals surface area contributed by atoms with Gasteiger partial charge in [-0.25, -0.2) is 0 Å². The van der Waals surface area contributed by atoms with E-state index < -0.39 is 0 Å². The molecule has 2 aromatic carbocycles. The van der Waals surface area contributed by atoms with Crippen molar-refractivity contribution in [1.82, 2.24) is 0 Å². The van der Waals surface area contributed by atoms with E-state index in [9.17, 15) is 4.79 Å². The van der Waals surface area contributed by atoms with E-state index in [4.69, 9.17) is 0 Å². The normalized spacial score (nSPS) is 11.9. The molecule has 0 aliphatic rings. The molecule has 0 unspecified atom stereocenters. The van der Waals surface area contributed by atoms with Crippen molar-refractivity contribution in [3.8, 4) is 0 Å². The van der Waals surface area contributed by atoms with E-state index in [2.05, 4.69) is 47.2 Å². The third-order valence-corrected chi connectivity index (χ3v) is 3.93. The van der Waals surface area contributed by atoms with Gasteiger partial charge in [-0.05, 0) is 48.2 Å². The van der Waals surface area contributed by atoms with Crippen molar-refractivity contribution in [3.05, 3.63) is 64.1 Å². The van der Waals surface area contributed by atoms with Crippen molar-refractivity contribution in [3.63, 3.8) is 0 Å². The number of anilines is 1. The Kier molecular flexibility index (Phi) is 4.96. The van der Waals surface area contributed by atoms with E-state index in [1.807, 2.05) is 30.3 Å². The van der Waals surface area contributed by atoms with Crippen LogP contribution in [-0.2, 0) is 0 Å². The second kappa shape index (κ2) is 6.71. The van der Waals surface area contributed by atoms with Gasteiger partial charge in [-0.15, -0.1) is 0 Å². The molecule has 1 amide bonds. The second-order valence-corrected chi connectivity index (χ2v) is 5.81. The van der Waals surface area contributed by atoms with E-state index in [1.165, 1.54) is 5.56 Å². The van der Waals surface area contributed by atoms with E-state index in [0.717, 1.165) is 16.6 Å². The molecular weight excluding hydrogens is 314 g/mol. The average Bonchev–Trinajstić information content (AvgIpc) is 2.47. The Bertz CT molecular complexity index is 592. The number of benzene rings is 2. The van der Waals surface area contributed by atoms with Crippen LogP contribution in [0.4, 0.5) is 5.69 Å². The molecule has 0 spiro atoms. The molecule has 20 heavy (non-hydrogen) atoms. The molecule has 104 valence electrons. The van der Waals surface area contributed by atoms with Crippen LogP contribution >= 0.6 is 15.9 Å². The van der Waals surface area contributed by atoms with Crippen LogP contribution in [0.2, 0.25) is 0 Å². The van der Waals surface area contributed by atoms with Crippen LogP contribution in [0.3, 0.4) is 0 Å². The molecule has 0 aliphatic carbocycles. The van der Waals surface area contributed by atoms with Gasteiger partial charge in [0.25, 0.3) is 5.91 Å². The van der Waals surface area contributed by atoms with Crippen molar-refractivity contribution in [2.75, 3.05) is 5.32 Å². The van der Waals surface area contributed by atoms with Crippen molar-refractivity contribution >= 4 is 27.5 Å². The van der Waals surface area contributed by atoms with E-state index in [0.29, 0.717) is 11.5 Å². The summed E-state index contributed by atoms with van der Waals surface area (Å²) < 4.78 is 0.900. The maximum absolute atomic E-state index is 12.1. The molecule has 1 atom stereocenters. The van der Waals surface area contributed by atoms with E-state index in [1.54, 1.807) is 6.07 Å². The van der Waals surface area contributed by atoms with Gasteiger partial charge in [0.2, 0.25) is 0 Å². The van der Waals surface area contributed by atoms with Crippen LogP contribution in [0.15, 0.2) is 53.0 Å². The lowest BCUT2D eigenvalue weighted by Gasteiger charge is -2.10. The van der Waals surface area contributed by atoms with Crippen LogP contribution < -0.4 is 5.32 Å². The summed E-state index contributed by atoms with van der Waals surface area (Å²) in [4.78, 5) is 12.1. The predicted octanol–water partition coefficient (Wildman–Crippen LogP) is 5.21. The number of rotatable bonds is 4. The van der Waals surface area contributed by atoms with Gasteiger partial charge < -0.3 is 5.32 Å². The summed E-state index contributed by atoms with van der Waals surface area (Å²) in [5, 5.41) is 2.91. The molecule has 1 N–H and O–H groups in total. The lowest BCUT2D eigenvalue weighted by atomic mass is 9.98. The van der Waals surface area contributed by atoms with Gasteiger partial charge in [-0.1, -0.05) is 48.0 Å². The van der Waals surface area contributed by atoms with Crippen molar-refractivity contribution in [2.24, 2.45) is 0 Å². The molecule has 0 aliphatic heterocycles. The van der Waals surface area contributed by atoms with Gasteiger partial charge in [0, 0.05) is 15.7 Å². The Morgan fingerprint density at radius 1 is 1.20 bits per heavy atom. The number of nitrogens with one attached hydrogen (secondary N) is 1. The average molecular weight is 332 g/mol. The third kappa shape index (κ3) is 3.70. The van der Waals surface area contributed by atoms with Crippen LogP contribution in [0.25, 0.3) is 0 Å². The monoisotopic (exact) mass is 331 g/mol. The first-order valence-corrected chi connectivity index (χ1v) is 7.56. The summed E-state index contributed by atoms with van der Waals surface area (Å²) in [7, 11) is 0. The minimum atomic E-state index is -0.0948. The summed E-state index contributed by atoms with van der Waals surface area (Å²) in [6.45, 7) is 4.38. The Morgan fingerprint density at radius 3 is 2.50 bits per heavy atom. The fourth-order valence-corrected chi connectivity index (χ4v) is 2.36. The zero-order chi connectivity index (χ0) is 14.5. The first kappa shape index (κ1) is 14.8. The Hall–Kier alpha value is -1.61. The highest BCUT2D eigenvalue weighted by Crippen LogP contribution is 2.21. The van der Waals surface area contributed by atoms with E-state index >= 15 is 0 Å². The first-order chi connectivity index (χ1) is 9.60. The number of carbonyl (C=O) groups excluding carboxylic acids is 1. The van der Waals surface area contributed by atoms with Crippen LogP contribution in [0, 0.1) is 0 Å². The number of hydrogen-bond acceptors (Lipinski definition) is 1. The Morgan fingerprint density at radius 2 is 1.90 bits per heavy atom. The van der Waals surface area contributed by atoms with Gasteiger partial charge in [-0.3, -0.25) is 4.79 Å². The summed E-state index contributed by atoms with van der Waals surface area (Å²) in [6.07, 6.45) is 1.11. The first-order valence-electron chi connectivity index (χ1n) is 6.77. The fourth-order valence-electron chi connectivity index (χ4n) is 1.96. The van der Waals surface area contributed by atoms with Crippen molar-refractivity contribution < 1.29 is 4.79 Å². The quantitative estimate of drug-likeness (QED) is 0.818. The smallest absolute Gasteiger partial charge is 0.255 e. The molecular formula is C17H18BrNO. The zero-order valence-corrected chi connectivity index (χ0v) is 13.3. The van der Waals surface area contributed by atoms with E-state index in [-0.39, 0.29) is 5.91 Å². The van der Waals surface area contributed by atoms with Gasteiger partial charge >= 0.3 is 0 Å². The molecule has 3 heteroatoms. The Balaban J connectivity index is 2.08. The summed E-state index contributed by atoms with van der Waals surface area (Å²) in [5.74, 6) is 0.451. The molecule has 0 heterocycles. The number of hydrogen-bond donors (Lipinski definition) is 1. The van der Waals surface area contributed by atoms with Gasteiger partial charge in [0.05, 0.1) is 0 Å². The lowest BCUT2D eigenvalue weighted by Crippen LogP contribution is -2.11. The summed E-state index contributed by atoms with van der Waals surface area (Å²) >= 11 is 3.37. The standard InChI is InChI=1S/C17H18BrNO/c1-3-12(2)13-7-9-16(10-8-13)19-17(20)14-5-4-6-15(18)11-14/h4-12H,3H2,1-2H3,(H,19,20)/t12-/m0/s1. The second-order valence-electron chi connectivity index (χ2n) is 4.90. The number of amides is 1. The molecule has 2 nitrogen and oxygen atoms in total. The molecule has 0 fully saturated rings. The molecule has 0 saturated carbocycles. The van der Waals surface area contributed by atoms with Gasteiger partial charge in [-0.2, -0.15) is 0 Å². The lowest BCUT2D eigenvalue weighted by molar-refractivity contribution is 0.102. The summed E-state index contributed by atoms with van der Waals surface area (Å²) in [6, 6.07) is 15.4. The molecule has 0 radical (unpaired) electrons. The SMILES string of the molecule is CC[C@H](C)c1ccc(NC(=O)c2cccc(Br)c2)cc1. The topological polar surface area (TPSA) is 29.1 Å². The number of halogens is 1. The fraction of sp³-hybridized carbons (Fsp3) is 0.235. The maximum atomic E-state index is 12.1. The molecule has 0 aromatic heterocycles. The third-order valence-electron chi connectivity index (χ3n) is 3.44. The van der Waals surface area contributed by atoms with Gasteiger partial charge in [0.15, 0.2) is 0 Å². The van der Waals surface area contributed by atoms with Gasteiger partial charge in [0.1, 0.15) is 0 Å². The molecule has 2 rings (SSSR count). The van der Waals surface area contributed by atoms with Crippen LogP contribution in [-0.4, -0.2) is 5.91 Å². The minimum absolute atomic E-state index is 0.0948. The Labute approximate surface area is 128 Å². The highest BCUT2D eigenvalue weighted by molar-refractivity contribution is 9.10. The highest BCUT2D eigenvalue weighted by Gasteiger charge is 2.07. The minimum Gasteiger partial charge on any atom is -0.322 e. The zero-order valence-electron chi connectivity index (χ0n) is 11.7. The van der Waals surface area contributed by atoms with Crippen molar-refractivity contribution in [1.29, 1.82) is 0 Å². The molecule has 0 saturated heterocycles. The van der Waals surface area contributed by atoms with Crippen LogP contribution in [0.5, 0.6) is 0 Å². The molecule has 0 bridgehead atoms. The van der Waals surface area contributed by atoms with Crippen LogP contribution in [0.1, 0.15) is 42.1 Å². The molecule has 2 aromatic rings. The largest absolute Gasteiger partial charge is 0.322 e. The summed E-state index contributed by atoms with van der Waals surface area (Å²) in [5.41, 5.74) is 2.76.